The Kier molecular flexibility index (Phi) is 4.28. The molecule has 0 aliphatic rings. The number of aryl methyl sites for hydroxylation is 3. The smallest absolute Gasteiger partial charge is 0.260 e. The molecule has 0 aliphatic heterocycles. The molecule has 0 saturated heterocycles. The van der Waals surface area contributed by atoms with Crippen molar-refractivity contribution in [2.75, 3.05) is 0 Å². The molecular formula is C12H18N4O2S2. The van der Waals surface area contributed by atoms with E-state index in [-0.39, 0.29) is 18.1 Å². The van der Waals surface area contributed by atoms with Gasteiger partial charge in [-0.3, -0.25) is 5.10 Å². The third-order valence-electron chi connectivity index (χ3n) is 3.15. The summed E-state index contributed by atoms with van der Waals surface area (Å²) in [6.07, 6.45) is 0. The number of aromatic nitrogens is 2. The normalized spacial score (nSPS) is 12.0. The molecule has 2 aromatic rings. The molecule has 2 heterocycles. The zero-order valence-electron chi connectivity index (χ0n) is 11.6. The fraction of sp³-hybridized carbons (Fsp3) is 0.417. The second-order valence-corrected chi connectivity index (χ2v) is 7.64. The van der Waals surface area contributed by atoms with Crippen molar-refractivity contribution in [3.8, 4) is 0 Å². The number of hydrogen-bond acceptors (Lipinski definition) is 5. The van der Waals surface area contributed by atoms with Crippen molar-refractivity contribution in [1.29, 1.82) is 0 Å². The first kappa shape index (κ1) is 15.2. The lowest BCUT2D eigenvalue weighted by Crippen LogP contribution is -2.24. The first-order valence-corrected chi connectivity index (χ1v) is 8.44. The van der Waals surface area contributed by atoms with Crippen molar-refractivity contribution in [3.05, 3.63) is 32.6 Å². The fourth-order valence-electron chi connectivity index (χ4n) is 1.86. The van der Waals surface area contributed by atoms with Gasteiger partial charge in [-0.2, -0.15) is 5.10 Å². The van der Waals surface area contributed by atoms with Crippen LogP contribution < -0.4 is 10.5 Å². The molecule has 0 fully saturated rings. The van der Waals surface area contributed by atoms with Crippen LogP contribution in [0.3, 0.4) is 0 Å². The molecule has 20 heavy (non-hydrogen) atoms. The third kappa shape index (κ3) is 2.93. The van der Waals surface area contributed by atoms with Crippen LogP contribution >= 0.6 is 11.3 Å². The molecular weight excluding hydrogens is 296 g/mol. The Morgan fingerprint density at radius 2 is 2.10 bits per heavy atom. The maximum atomic E-state index is 12.2. The van der Waals surface area contributed by atoms with Gasteiger partial charge in [-0.15, -0.1) is 11.3 Å². The maximum Gasteiger partial charge on any atom is 0.260 e. The number of H-pyrrole nitrogens is 1. The molecule has 8 heteroatoms. The Balaban J connectivity index is 2.19. The summed E-state index contributed by atoms with van der Waals surface area (Å²) >= 11 is 1.59. The van der Waals surface area contributed by atoms with E-state index in [1.54, 1.807) is 18.3 Å². The summed E-state index contributed by atoms with van der Waals surface area (Å²) in [6, 6.07) is 1.99. The first-order valence-electron chi connectivity index (χ1n) is 6.14. The molecule has 0 atom stereocenters. The van der Waals surface area contributed by atoms with Gasteiger partial charge in [-0.05, 0) is 32.4 Å². The molecule has 6 nitrogen and oxygen atoms in total. The van der Waals surface area contributed by atoms with Crippen LogP contribution in [0.5, 0.6) is 0 Å². The van der Waals surface area contributed by atoms with Crippen molar-refractivity contribution in [1.82, 2.24) is 14.9 Å². The minimum absolute atomic E-state index is 0.0116. The van der Waals surface area contributed by atoms with Gasteiger partial charge in [0.2, 0.25) is 0 Å². The predicted octanol–water partition coefficient (Wildman–Crippen LogP) is 1.33. The summed E-state index contributed by atoms with van der Waals surface area (Å²) in [6.45, 7) is 6.17. The zero-order valence-corrected chi connectivity index (χ0v) is 13.3. The number of sulfonamides is 1. The Bertz CT molecular complexity index is 696. The molecule has 0 aliphatic carbocycles. The van der Waals surface area contributed by atoms with E-state index >= 15 is 0 Å². The van der Waals surface area contributed by atoms with Crippen molar-refractivity contribution in [2.24, 2.45) is 5.73 Å². The van der Waals surface area contributed by atoms with E-state index in [9.17, 15) is 8.42 Å². The van der Waals surface area contributed by atoms with Gasteiger partial charge in [-0.1, -0.05) is 0 Å². The lowest BCUT2D eigenvalue weighted by Gasteiger charge is -2.04. The zero-order chi connectivity index (χ0) is 14.9. The number of aromatic amines is 1. The predicted molar refractivity (Wildman–Crippen MR) is 79.0 cm³/mol. The number of rotatable bonds is 5. The summed E-state index contributed by atoms with van der Waals surface area (Å²) < 4.78 is 27.1. The monoisotopic (exact) mass is 314 g/mol. The number of nitrogens with zero attached hydrogens (tertiary/aromatic N) is 1. The van der Waals surface area contributed by atoms with Gasteiger partial charge in [0.1, 0.15) is 0 Å². The standard InChI is InChI=1S/C12H18N4O2S2/c1-7-4-10(19-9(7)3)6-14-20(17,18)12-11(5-13)8(2)15-16-12/h4,14H,5-6,13H2,1-3H3,(H,15,16). The van der Waals surface area contributed by atoms with Crippen LogP contribution in [0, 0.1) is 20.8 Å². The van der Waals surface area contributed by atoms with Crippen LogP contribution in [-0.2, 0) is 23.1 Å². The minimum Gasteiger partial charge on any atom is -0.326 e. The summed E-state index contributed by atoms with van der Waals surface area (Å²) in [5.74, 6) is 0. The molecule has 2 rings (SSSR count). The molecule has 0 radical (unpaired) electrons. The number of thiophene rings is 1. The van der Waals surface area contributed by atoms with Crippen molar-refractivity contribution < 1.29 is 8.42 Å². The molecule has 0 spiro atoms. The van der Waals surface area contributed by atoms with E-state index < -0.39 is 10.0 Å². The average Bonchev–Trinajstić information content (AvgIpc) is 2.91. The van der Waals surface area contributed by atoms with E-state index in [1.807, 2.05) is 19.9 Å². The highest BCUT2D eigenvalue weighted by atomic mass is 32.2. The first-order chi connectivity index (χ1) is 9.35. The van der Waals surface area contributed by atoms with Crippen molar-refractivity contribution in [2.45, 2.75) is 38.9 Å². The molecule has 0 unspecified atom stereocenters. The van der Waals surface area contributed by atoms with Crippen LogP contribution in [0.25, 0.3) is 0 Å². The fourth-order valence-corrected chi connectivity index (χ4v) is 4.16. The van der Waals surface area contributed by atoms with E-state index in [2.05, 4.69) is 14.9 Å². The van der Waals surface area contributed by atoms with Crippen LogP contribution in [0.2, 0.25) is 0 Å². The molecule has 110 valence electrons. The summed E-state index contributed by atoms with van der Waals surface area (Å²) in [5.41, 5.74) is 7.94. The van der Waals surface area contributed by atoms with Gasteiger partial charge in [0.15, 0.2) is 5.03 Å². The van der Waals surface area contributed by atoms with Gasteiger partial charge in [0.25, 0.3) is 10.0 Å². The van der Waals surface area contributed by atoms with Gasteiger partial charge in [-0.25, -0.2) is 13.1 Å². The van der Waals surface area contributed by atoms with E-state index in [0.29, 0.717) is 11.3 Å². The minimum atomic E-state index is -3.65. The Hall–Kier alpha value is -1.22. The number of nitrogens with two attached hydrogens (primary N) is 1. The highest BCUT2D eigenvalue weighted by Gasteiger charge is 2.22. The summed E-state index contributed by atoms with van der Waals surface area (Å²) in [7, 11) is -3.65. The van der Waals surface area contributed by atoms with Crippen molar-refractivity contribution in [3.63, 3.8) is 0 Å². The van der Waals surface area contributed by atoms with Crippen LogP contribution in [0.1, 0.15) is 26.6 Å². The van der Waals surface area contributed by atoms with Crippen LogP contribution in [-0.4, -0.2) is 18.6 Å². The highest BCUT2D eigenvalue weighted by molar-refractivity contribution is 7.89. The number of nitrogens with one attached hydrogen (secondary N) is 2. The molecule has 0 amide bonds. The van der Waals surface area contributed by atoms with Gasteiger partial charge in [0.05, 0.1) is 0 Å². The van der Waals surface area contributed by atoms with Gasteiger partial charge in [0, 0.05) is 34.1 Å². The second-order valence-electron chi connectivity index (χ2n) is 4.61. The maximum absolute atomic E-state index is 12.2. The molecule has 2 aromatic heterocycles. The SMILES string of the molecule is Cc1cc(CNS(=O)(=O)c2n[nH]c(C)c2CN)sc1C. The van der Waals surface area contributed by atoms with E-state index in [1.165, 1.54) is 10.4 Å². The third-order valence-corrected chi connectivity index (χ3v) is 5.67. The summed E-state index contributed by atoms with van der Waals surface area (Å²) in [4.78, 5) is 2.17. The van der Waals surface area contributed by atoms with Crippen LogP contribution in [0.15, 0.2) is 11.1 Å². The Morgan fingerprint density at radius 1 is 1.40 bits per heavy atom. The molecule has 0 saturated carbocycles. The topological polar surface area (TPSA) is 101 Å². The van der Waals surface area contributed by atoms with Crippen molar-refractivity contribution >= 4 is 21.4 Å². The van der Waals surface area contributed by atoms with E-state index in [0.717, 1.165) is 4.88 Å². The van der Waals surface area contributed by atoms with Gasteiger partial charge >= 0.3 is 0 Å². The Morgan fingerprint density at radius 3 is 2.65 bits per heavy atom. The second kappa shape index (κ2) is 5.65. The quantitative estimate of drug-likeness (QED) is 0.775. The highest BCUT2D eigenvalue weighted by Crippen LogP contribution is 2.21. The van der Waals surface area contributed by atoms with E-state index in [4.69, 9.17) is 5.73 Å². The Labute approximate surface area is 122 Å². The lowest BCUT2D eigenvalue weighted by molar-refractivity contribution is 0.576. The molecule has 4 N–H and O–H groups in total. The summed E-state index contributed by atoms with van der Waals surface area (Å²) in [5, 5.41) is 6.49. The molecule has 0 bridgehead atoms. The average molecular weight is 314 g/mol. The lowest BCUT2D eigenvalue weighted by atomic mass is 10.3. The molecule has 0 aromatic carbocycles. The largest absolute Gasteiger partial charge is 0.326 e. The van der Waals surface area contributed by atoms with Crippen LogP contribution in [0.4, 0.5) is 0 Å². The van der Waals surface area contributed by atoms with Gasteiger partial charge < -0.3 is 5.73 Å². The number of hydrogen-bond donors (Lipinski definition) is 3.